The van der Waals surface area contributed by atoms with E-state index < -0.39 is 39.8 Å². The van der Waals surface area contributed by atoms with Crippen LogP contribution < -0.4 is 4.74 Å². The van der Waals surface area contributed by atoms with Crippen LogP contribution in [-0.4, -0.2) is 5.17 Å². The molecule has 2 aromatic carbocycles. The van der Waals surface area contributed by atoms with Gasteiger partial charge in [0.2, 0.25) is 11.6 Å². The van der Waals surface area contributed by atoms with Crippen molar-refractivity contribution in [2.24, 2.45) is 4.99 Å². The zero-order valence-corrected chi connectivity index (χ0v) is 10.3. The topological polar surface area (TPSA) is 21.6 Å². The first-order chi connectivity index (χ1) is 9.50. The molecule has 102 valence electrons. The van der Waals surface area contributed by atoms with Gasteiger partial charge in [0.05, 0.1) is 5.56 Å². The van der Waals surface area contributed by atoms with Gasteiger partial charge in [-0.05, 0) is 12.1 Å². The van der Waals surface area contributed by atoms with Gasteiger partial charge in [-0.1, -0.05) is 23.7 Å². The largest absolute Gasteiger partial charge is 0.451 e. The summed E-state index contributed by atoms with van der Waals surface area (Å²) in [4.78, 5) is 3.81. The molecule has 1 heterocycles. The van der Waals surface area contributed by atoms with Crippen molar-refractivity contribution >= 4 is 22.5 Å². The monoisotopic (exact) mass is 301 g/mol. The number of rotatable bonds is 0. The van der Waals surface area contributed by atoms with Crippen LogP contribution in [0, 0.1) is 23.3 Å². The van der Waals surface area contributed by atoms with E-state index in [0.29, 0.717) is 0 Å². The van der Waals surface area contributed by atoms with Crippen LogP contribution in [0.25, 0.3) is 0 Å². The molecule has 0 radical (unpaired) electrons. The molecule has 0 saturated heterocycles. The zero-order valence-electron chi connectivity index (χ0n) is 9.55. The Morgan fingerprint density at radius 1 is 0.900 bits per heavy atom. The summed E-state index contributed by atoms with van der Waals surface area (Å²) < 4.78 is 59.1. The average molecular weight is 302 g/mol. The number of hydrogen-bond donors (Lipinski definition) is 0. The molecule has 0 atom stereocenters. The van der Waals surface area contributed by atoms with Gasteiger partial charge in [-0.2, -0.15) is 4.39 Å². The van der Waals surface area contributed by atoms with Crippen molar-refractivity contribution in [1.29, 1.82) is 0 Å². The number of halogens is 5. The first-order valence-electron chi connectivity index (χ1n) is 5.38. The third-order valence-corrected chi connectivity index (χ3v) is 3.00. The summed E-state index contributed by atoms with van der Waals surface area (Å²) >= 11 is 5.76. The molecule has 0 amide bonds. The maximum absolute atomic E-state index is 13.8. The lowest BCUT2D eigenvalue weighted by Gasteiger charge is -2.11. The van der Waals surface area contributed by atoms with Gasteiger partial charge in [-0.15, -0.1) is 0 Å². The fourth-order valence-electron chi connectivity index (χ4n) is 1.80. The Labute approximate surface area is 115 Å². The van der Waals surface area contributed by atoms with E-state index in [1.807, 2.05) is 0 Å². The van der Waals surface area contributed by atoms with Crippen molar-refractivity contribution in [3.05, 3.63) is 53.1 Å². The minimum atomic E-state index is -1.97. The Balaban J connectivity index is 2.38. The summed E-state index contributed by atoms with van der Waals surface area (Å²) in [5, 5.41) is -0.528. The molecule has 7 heteroatoms. The van der Waals surface area contributed by atoms with Crippen LogP contribution in [0.2, 0.25) is 0 Å². The molecule has 20 heavy (non-hydrogen) atoms. The molecule has 2 nitrogen and oxygen atoms in total. The average Bonchev–Trinajstić information content (AvgIpc) is 2.58. The van der Waals surface area contributed by atoms with E-state index in [9.17, 15) is 17.6 Å². The van der Waals surface area contributed by atoms with Crippen molar-refractivity contribution < 1.29 is 22.3 Å². The highest BCUT2D eigenvalue weighted by Crippen LogP contribution is 2.41. The highest BCUT2D eigenvalue weighted by Gasteiger charge is 2.31. The van der Waals surface area contributed by atoms with Gasteiger partial charge in [-0.3, -0.25) is 0 Å². The maximum atomic E-state index is 13.8. The van der Waals surface area contributed by atoms with Crippen LogP contribution in [0.15, 0.2) is 29.3 Å². The van der Waals surface area contributed by atoms with Gasteiger partial charge in [0, 0.05) is 0 Å². The van der Waals surface area contributed by atoms with E-state index in [-0.39, 0.29) is 11.4 Å². The first-order valence-corrected chi connectivity index (χ1v) is 5.76. The van der Waals surface area contributed by atoms with Crippen LogP contribution >= 0.6 is 11.6 Å². The summed E-state index contributed by atoms with van der Waals surface area (Å²) in [6, 6.07) is 6.05. The number of para-hydroxylation sites is 2. The van der Waals surface area contributed by atoms with Crippen LogP contribution in [0.5, 0.6) is 11.5 Å². The standard InChI is InChI=1S/C13H4ClF4NO/c14-13-7-8(15)9(16)10(17)11(18)12(7)20-6-4-2-1-3-5(6)19-13/h1-4H. The minimum absolute atomic E-state index is 0.0497. The third kappa shape index (κ3) is 1.76. The minimum Gasteiger partial charge on any atom is -0.451 e. The van der Waals surface area contributed by atoms with Gasteiger partial charge in [0.15, 0.2) is 23.1 Å². The molecule has 0 spiro atoms. The van der Waals surface area contributed by atoms with Crippen LogP contribution in [-0.2, 0) is 0 Å². The summed E-state index contributed by atoms with van der Waals surface area (Å²) in [5.74, 6) is -8.03. The number of benzene rings is 2. The predicted octanol–water partition coefficient (Wildman–Crippen LogP) is 4.67. The SMILES string of the molecule is Fc1c(F)c(F)c2c(c1F)Oc1ccccc1N=C2Cl. The molecule has 0 aromatic heterocycles. The van der Waals surface area contributed by atoms with Gasteiger partial charge in [0.1, 0.15) is 10.9 Å². The molecule has 1 aliphatic rings. The van der Waals surface area contributed by atoms with Gasteiger partial charge >= 0.3 is 0 Å². The lowest BCUT2D eigenvalue weighted by molar-refractivity contribution is 0.371. The van der Waals surface area contributed by atoms with Crippen molar-refractivity contribution in [3.8, 4) is 11.5 Å². The van der Waals surface area contributed by atoms with Crippen molar-refractivity contribution in [2.45, 2.75) is 0 Å². The van der Waals surface area contributed by atoms with E-state index in [1.54, 1.807) is 12.1 Å². The lowest BCUT2D eigenvalue weighted by Crippen LogP contribution is -2.07. The molecular formula is C13H4ClF4NO. The molecule has 0 unspecified atom stereocenters. The Hall–Kier alpha value is -2.08. The van der Waals surface area contributed by atoms with E-state index in [2.05, 4.69) is 4.99 Å². The van der Waals surface area contributed by atoms with Gasteiger partial charge in [-0.25, -0.2) is 18.2 Å². The summed E-state index contributed by atoms with van der Waals surface area (Å²) in [5.41, 5.74) is -0.562. The summed E-state index contributed by atoms with van der Waals surface area (Å²) in [6.45, 7) is 0. The molecule has 1 aliphatic heterocycles. The molecule has 2 aromatic rings. The highest BCUT2D eigenvalue weighted by molar-refractivity contribution is 6.70. The Morgan fingerprint density at radius 3 is 2.30 bits per heavy atom. The molecule has 0 N–H and O–H groups in total. The zero-order chi connectivity index (χ0) is 14.4. The predicted molar refractivity (Wildman–Crippen MR) is 64.8 cm³/mol. The second-order valence-corrected chi connectivity index (χ2v) is 4.29. The maximum Gasteiger partial charge on any atom is 0.205 e. The van der Waals surface area contributed by atoms with E-state index in [1.165, 1.54) is 12.1 Å². The van der Waals surface area contributed by atoms with Crippen molar-refractivity contribution in [1.82, 2.24) is 0 Å². The molecule has 0 saturated carbocycles. The number of fused-ring (bicyclic) bond motifs is 2. The first kappa shape index (κ1) is 12.9. The molecule has 3 rings (SSSR count). The molecule has 0 aliphatic carbocycles. The molecule has 0 bridgehead atoms. The van der Waals surface area contributed by atoms with Gasteiger partial charge in [0.25, 0.3) is 0 Å². The fourth-order valence-corrected chi connectivity index (χ4v) is 2.06. The van der Waals surface area contributed by atoms with E-state index in [0.717, 1.165) is 0 Å². The number of hydrogen-bond acceptors (Lipinski definition) is 2. The highest BCUT2D eigenvalue weighted by atomic mass is 35.5. The number of nitrogens with zero attached hydrogens (tertiary/aromatic N) is 1. The van der Waals surface area contributed by atoms with Crippen molar-refractivity contribution in [3.63, 3.8) is 0 Å². The van der Waals surface area contributed by atoms with E-state index in [4.69, 9.17) is 16.3 Å². The lowest BCUT2D eigenvalue weighted by atomic mass is 10.1. The van der Waals surface area contributed by atoms with E-state index >= 15 is 0 Å². The second-order valence-electron chi connectivity index (χ2n) is 3.93. The summed E-state index contributed by atoms with van der Waals surface area (Å²) in [6.07, 6.45) is 0. The van der Waals surface area contributed by atoms with Crippen LogP contribution in [0.4, 0.5) is 23.2 Å². The Bertz CT molecular complexity index is 761. The van der Waals surface area contributed by atoms with Gasteiger partial charge < -0.3 is 4.74 Å². The van der Waals surface area contributed by atoms with Crippen LogP contribution in [0.3, 0.4) is 0 Å². The van der Waals surface area contributed by atoms with Crippen molar-refractivity contribution in [2.75, 3.05) is 0 Å². The third-order valence-electron chi connectivity index (χ3n) is 2.73. The number of aliphatic imine (C=N–C) groups is 1. The summed E-state index contributed by atoms with van der Waals surface area (Å²) in [7, 11) is 0. The second kappa shape index (κ2) is 4.49. The van der Waals surface area contributed by atoms with Crippen LogP contribution in [0.1, 0.15) is 5.56 Å². The normalized spacial score (nSPS) is 12.9. The smallest absolute Gasteiger partial charge is 0.205 e. The number of ether oxygens (including phenoxy) is 1. The quantitative estimate of drug-likeness (QED) is 0.394. The fraction of sp³-hybridized carbons (Fsp3) is 0. The Morgan fingerprint density at radius 2 is 1.55 bits per heavy atom. The molecule has 0 fully saturated rings. The Kier molecular flexibility index (Phi) is 2.90. The molecular weight excluding hydrogens is 298 g/mol.